The van der Waals surface area contributed by atoms with Crippen molar-refractivity contribution < 1.29 is 8.42 Å². The maximum Gasteiger partial charge on any atom is 0.281 e. The summed E-state index contributed by atoms with van der Waals surface area (Å²) in [5, 5.41) is 4.14. The molecule has 8 nitrogen and oxygen atoms in total. The third-order valence-corrected chi connectivity index (χ3v) is 3.91. The smallest absolute Gasteiger partial charge is 0.281 e. The van der Waals surface area contributed by atoms with Gasteiger partial charge in [0.25, 0.3) is 10.0 Å². The molecule has 3 rings (SSSR count). The zero-order chi connectivity index (χ0) is 14.3. The highest BCUT2D eigenvalue weighted by atomic mass is 32.2. The Hall–Kier alpha value is -2.42. The van der Waals surface area contributed by atoms with Crippen LogP contribution in [0.4, 0.5) is 5.69 Å². The Morgan fingerprint density at radius 3 is 2.75 bits per heavy atom. The van der Waals surface area contributed by atoms with E-state index in [9.17, 15) is 8.42 Å². The number of hydrogen-bond acceptors (Lipinski definition) is 5. The minimum atomic E-state index is -3.72. The second-order valence-corrected chi connectivity index (χ2v) is 6.04. The summed E-state index contributed by atoms with van der Waals surface area (Å²) in [4.78, 5) is 7.95. The van der Waals surface area contributed by atoms with Crippen LogP contribution < -0.4 is 4.72 Å². The number of rotatable bonds is 3. The number of aryl methyl sites for hydroxylation is 2. The number of fused-ring (bicyclic) bond motifs is 1. The van der Waals surface area contributed by atoms with E-state index in [4.69, 9.17) is 0 Å². The number of anilines is 1. The van der Waals surface area contributed by atoms with Crippen LogP contribution in [-0.4, -0.2) is 32.6 Å². The Labute approximate surface area is 115 Å². The van der Waals surface area contributed by atoms with Crippen molar-refractivity contribution in [1.29, 1.82) is 0 Å². The summed E-state index contributed by atoms with van der Waals surface area (Å²) in [6.07, 6.45) is 5.85. The van der Waals surface area contributed by atoms with Gasteiger partial charge in [0.1, 0.15) is 0 Å². The third kappa shape index (κ3) is 2.23. The molecule has 0 aromatic carbocycles. The molecule has 0 fully saturated rings. The largest absolute Gasteiger partial charge is 0.339 e. The van der Waals surface area contributed by atoms with Crippen LogP contribution in [0.1, 0.15) is 5.69 Å². The van der Waals surface area contributed by atoms with Crippen LogP contribution in [-0.2, 0) is 17.1 Å². The predicted molar refractivity (Wildman–Crippen MR) is 71.7 cm³/mol. The molecule has 104 valence electrons. The van der Waals surface area contributed by atoms with Crippen molar-refractivity contribution in [3.05, 3.63) is 36.7 Å². The Kier molecular flexibility index (Phi) is 2.71. The SMILES string of the molecule is Cc1cc2ncc(NS(=O)(=O)c3cn(C)cn3)cn2n1. The quantitative estimate of drug-likeness (QED) is 0.761. The first kappa shape index (κ1) is 12.6. The Balaban J connectivity index is 1.96. The van der Waals surface area contributed by atoms with Gasteiger partial charge in [0.15, 0.2) is 10.7 Å². The van der Waals surface area contributed by atoms with Crippen molar-refractivity contribution >= 4 is 21.4 Å². The maximum atomic E-state index is 12.1. The fourth-order valence-electron chi connectivity index (χ4n) is 1.78. The molecule has 0 aliphatic carbocycles. The molecule has 0 aliphatic rings. The van der Waals surface area contributed by atoms with E-state index >= 15 is 0 Å². The molecule has 9 heteroatoms. The molecular formula is C11H12N6O2S. The van der Waals surface area contributed by atoms with E-state index in [1.54, 1.807) is 23.9 Å². The number of imidazole rings is 1. The van der Waals surface area contributed by atoms with E-state index in [2.05, 4.69) is 19.8 Å². The molecule has 0 saturated carbocycles. The molecule has 0 aliphatic heterocycles. The second kappa shape index (κ2) is 4.30. The zero-order valence-corrected chi connectivity index (χ0v) is 11.7. The molecule has 0 radical (unpaired) electrons. The molecule has 3 aromatic heterocycles. The molecule has 20 heavy (non-hydrogen) atoms. The topological polar surface area (TPSA) is 94.2 Å². The zero-order valence-electron chi connectivity index (χ0n) is 10.8. The van der Waals surface area contributed by atoms with Crippen molar-refractivity contribution in [2.24, 2.45) is 7.05 Å². The van der Waals surface area contributed by atoms with Gasteiger partial charge in [0, 0.05) is 19.3 Å². The average molecular weight is 292 g/mol. The van der Waals surface area contributed by atoms with Gasteiger partial charge in [-0.3, -0.25) is 4.72 Å². The molecule has 0 spiro atoms. The number of hydrogen-bond donors (Lipinski definition) is 1. The Bertz CT molecular complexity index is 879. The third-order valence-electron chi connectivity index (χ3n) is 2.64. The van der Waals surface area contributed by atoms with Crippen molar-refractivity contribution in [3.63, 3.8) is 0 Å². The first-order valence-electron chi connectivity index (χ1n) is 5.77. The molecule has 0 amide bonds. The molecular weight excluding hydrogens is 280 g/mol. The fourth-order valence-corrected chi connectivity index (χ4v) is 2.79. The fraction of sp³-hybridized carbons (Fsp3) is 0.182. The number of nitrogens with one attached hydrogen (secondary N) is 1. The van der Waals surface area contributed by atoms with Gasteiger partial charge in [-0.15, -0.1) is 0 Å². The Morgan fingerprint density at radius 2 is 2.05 bits per heavy atom. The van der Waals surface area contributed by atoms with Crippen molar-refractivity contribution in [2.75, 3.05) is 4.72 Å². The molecule has 0 bridgehead atoms. The molecule has 0 atom stereocenters. The van der Waals surface area contributed by atoms with Crippen LogP contribution in [0.2, 0.25) is 0 Å². The van der Waals surface area contributed by atoms with Crippen molar-refractivity contribution in [2.45, 2.75) is 11.9 Å². The summed E-state index contributed by atoms with van der Waals surface area (Å²) in [5.74, 6) is 0. The van der Waals surface area contributed by atoms with Gasteiger partial charge in [0.2, 0.25) is 0 Å². The summed E-state index contributed by atoms with van der Waals surface area (Å²) in [5.41, 5.74) is 1.79. The van der Waals surface area contributed by atoms with Crippen LogP contribution in [0.5, 0.6) is 0 Å². The summed E-state index contributed by atoms with van der Waals surface area (Å²) in [7, 11) is -2.02. The summed E-state index contributed by atoms with van der Waals surface area (Å²) in [6.45, 7) is 1.84. The first-order valence-corrected chi connectivity index (χ1v) is 7.25. The standard InChI is InChI=1S/C11H12N6O2S/c1-8-3-10-12-4-9(5-17(10)14-8)15-20(18,19)11-6-16(2)7-13-11/h3-7,15H,1-2H3. The van der Waals surface area contributed by atoms with Crippen LogP contribution in [0.3, 0.4) is 0 Å². The van der Waals surface area contributed by atoms with E-state index in [0.29, 0.717) is 11.3 Å². The molecule has 0 unspecified atom stereocenters. The van der Waals surface area contributed by atoms with Gasteiger partial charge >= 0.3 is 0 Å². The van der Waals surface area contributed by atoms with Gasteiger partial charge in [-0.2, -0.15) is 13.5 Å². The lowest BCUT2D eigenvalue weighted by Crippen LogP contribution is -2.14. The summed E-state index contributed by atoms with van der Waals surface area (Å²) in [6, 6.07) is 1.80. The van der Waals surface area contributed by atoms with Crippen LogP contribution in [0.25, 0.3) is 5.65 Å². The monoisotopic (exact) mass is 292 g/mol. The van der Waals surface area contributed by atoms with Gasteiger partial charge in [-0.1, -0.05) is 0 Å². The van der Waals surface area contributed by atoms with Crippen molar-refractivity contribution in [3.8, 4) is 0 Å². The van der Waals surface area contributed by atoms with Crippen LogP contribution in [0.15, 0.2) is 36.0 Å². The van der Waals surface area contributed by atoms with Crippen LogP contribution in [0, 0.1) is 6.92 Å². The average Bonchev–Trinajstić information content (AvgIpc) is 2.93. The van der Waals surface area contributed by atoms with E-state index in [1.165, 1.54) is 23.2 Å². The first-order chi connectivity index (χ1) is 9.44. The van der Waals surface area contributed by atoms with Gasteiger partial charge in [-0.25, -0.2) is 14.5 Å². The number of nitrogens with zero attached hydrogens (tertiary/aromatic N) is 5. The van der Waals surface area contributed by atoms with Gasteiger partial charge in [-0.05, 0) is 6.92 Å². The molecule has 3 aromatic rings. The number of sulfonamides is 1. The molecule has 3 heterocycles. The van der Waals surface area contributed by atoms with E-state index in [-0.39, 0.29) is 5.03 Å². The highest BCUT2D eigenvalue weighted by Crippen LogP contribution is 2.14. The summed E-state index contributed by atoms with van der Waals surface area (Å²) < 4.78 is 29.7. The second-order valence-electron chi connectivity index (χ2n) is 4.41. The normalized spacial score (nSPS) is 11.9. The highest BCUT2D eigenvalue weighted by Gasteiger charge is 2.17. The van der Waals surface area contributed by atoms with Crippen molar-refractivity contribution in [1.82, 2.24) is 24.1 Å². The Morgan fingerprint density at radius 1 is 1.25 bits per heavy atom. The molecule has 0 saturated heterocycles. The number of aromatic nitrogens is 5. The highest BCUT2D eigenvalue weighted by molar-refractivity contribution is 7.92. The predicted octanol–water partition coefficient (Wildman–Crippen LogP) is 0.572. The van der Waals surface area contributed by atoms with Crippen LogP contribution >= 0.6 is 0 Å². The minimum absolute atomic E-state index is 0.0447. The lowest BCUT2D eigenvalue weighted by molar-refractivity contribution is 0.598. The van der Waals surface area contributed by atoms with E-state index < -0.39 is 10.0 Å². The maximum absolute atomic E-state index is 12.1. The lowest BCUT2D eigenvalue weighted by Gasteiger charge is -2.05. The minimum Gasteiger partial charge on any atom is -0.339 e. The van der Waals surface area contributed by atoms with E-state index in [1.807, 2.05) is 6.92 Å². The van der Waals surface area contributed by atoms with Gasteiger partial charge < -0.3 is 4.57 Å². The molecule has 1 N–H and O–H groups in total. The van der Waals surface area contributed by atoms with Gasteiger partial charge in [0.05, 0.1) is 30.1 Å². The lowest BCUT2D eigenvalue weighted by atomic mass is 10.5. The summed E-state index contributed by atoms with van der Waals surface area (Å²) >= 11 is 0. The van der Waals surface area contributed by atoms with E-state index in [0.717, 1.165) is 5.69 Å².